The summed E-state index contributed by atoms with van der Waals surface area (Å²) in [6.45, 7) is 11.2. The fourth-order valence-electron chi connectivity index (χ4n) is 5.80. The molecule has 0 amide bonds. The molecule has 0 heterocycles. The molecular weight excluding hydrogens is 472 g/mol. The lowest BCUT2D eigenvalue weighted by Crippen LogP contribution is -2.26. The van der Waals surface area contributed by atoms with E-state index >= 15 is 0 Å². The first-order chi connectivity index (χ1) is 18.0. The summed E-state index contributed by atoms with van der Waals surface area (Å²) < 4.78 is 12.2. The molecule has 0 spiro atoms. The predicted molar refractivity (Wildman–Crippen MR) is 152 cm³/mol. The van der Waals surface area contributed by atoms with E-state index in [-0.39, 0.29) is 16.7 Å². The average molecular weight is 513 g/mol. The molecule has 1 aliphatic rings. The number of rotatable bonds is 7. The smallest absolute Gasteiger partial charge is 0.343 e. The van der Waals surface area contributed by atoms with Crippen molar-refractivity contribution in [2.75, 3.05) is 0 Å². The Hall–Kier alpha value is -3.40. The van der Waals surface area contributed by atoms with Gasteiger partial charge in [-0.3, -0.25) is 0 Å². The van der Waals surface area contributed by atoms with Crippen molar-refractivity contribution in [2.24, 2.45) is 5.41 Å². The highest BCUT2D eigenvalue weighted by atomic mass is 16.6. The Kier molecular flexibility index (Phi) is 8.40. The molecule has 1 fully saturated rings. The highest BCUT2D eigenvalue weighted by molar-refractivity contribution is 5.93. The summed E-state index contributed by atoms with van der Waals surface area (Å²) in [5.41, 5.74) is 2.88. The third kappa shape index (κ3) is 6.92. The Morgan fingerprint density at radius 1 is 0.737 bits per heavy atom. The Labute approximate surface area is 227 Å². The summed E-state index contributed by atoms with van der Waals surface area (Å²) in [5, 5.41) is 0. The van der Waals surface area contributed by atoms with Crippen molar-refractivity contribution in [1.29, 1.82) is 0 Å². The zero-order chi connectivity index (χ0) is 27.3. The summed E-state index contributed by atoms with van der Waals surface area (Å²) in [6, 6.07) is 22.0. The lowest BCUT2D eigenvalue weighted by molar-refractivity contribution is 0.0679. The van der Waals surface area contributed by atoms with Gasteiger partial charge < -0.3 is 9.47 Å². The zero-order valence-corrected chi connectivity index (χ0v) is 23.4. The first kappa shape index (κ1) is 27.6. The van der Waals surface area contributed by atoms with Gasteiger partial charge in [0.05, 0.1) is 11.1 Å². The van der Waals surface area contributed by atoms with Crippen LogP contribution >= 0.6 is 0 Å². The maximum atomic E-state index is 13.3. The number of hydrogen-bond acceptors (Lipinski definition) is 4. The molecule has 1 saturated carbocycles. The number of ether oxygens (including phenoxy) is 2. The van der Waals surface area contributed by atoms with Crippen LogP contribution in [0.3, 0.4) is 0 Å². The minimum Gasteiger partial charge on any atom is -0.419 e. The largest absolute Gasteiger partial charge is 0.419 e. The summed E-state index contributed by atoms with van der Waals surface area (Å²) in [6.07, 6.45) is 6.45. The average Bonchev–Trinajstić information content (AvgIpc) is 2.89. The van der Waals surface area contributed by atoms with Gasteiger partial charge in [0.1, 0.15) is 0 Å². The molecule has 0 radical (unpaired) electrons. The van der Waals surface area contributed by atoms with Crippen molar-refractivity contribution in [2.45, 2.75) is 84.5 Å². The van der Waals surface area contributed by atoms with Gasteiger partial charge in [0.15, 0.2) is 11.5 Å². The minimum absolute atomic E-state index is 0.105. The van der Waals surface area contributed by atoms with Crippen LogP contribution in [-0.2, 0) is 5.41 Å². The van der Waals surface area contributed by atoms with E-state index in [0.29, 0.717) is 22.6 Å². The molecule has 1 aliphatic carbocycles. The van der Waals surface area contributed by atoms with Crippen LogP contribution in [-0.4, -0.2) is 11.9 Å². The molecule has 4 rings (SSSR count). The summed E-state index contributed by atoms with van der Waals surface area (Å²) >= 11 is 0. The topological polar surface area (TPSA) is 52.6 Å². The highest BCUT2D eigenvalue weighted by Crippen LogP contribution is 2.47. The molecule has 3 aromatic rings. The van der Waals surface area contributed by atoms with Crippen molar-refractivity contribution in [3.05, 3.63) is 95.1 Å². The fourth-order valence-corrected chi connectivity index (χ4v) is 5.80. The van der Waals surface area contributed by atoms with Crippen LogP contribution in [0.15, 0.2) is 72.8 Å². The highest BCUT2D eigenvalue weighted by Gasteiger charge is 2.32. The van der Waals surface area contributed by atoms with Crippen molar-refractivity contribution >= 4 is 11.9 Å². The Morgan fingerprint density at radius 2 is 1.26 bits per heavy atom. The van der Waals surface area contributed by atoms with E-state index in [4.69, 9.17) is 9.47 Å². The Bertz CT molecular complexity index is 1250. The van der Waals surface area contributed by atoms with Crippen LogP contribution in [0.2, 0.25) is 0 Å². The van der Waals surface area contributed by atoms with Gasteiger partial charge in [-0.05, 0) is 71.9 Å². The van der Waals surface area contributed by atoms with Gasteiger partial charge in [0.2, 0.25) is 0 Å². The van der Waals surface area contributed by atoms with Gasteiger partial charge in [-0.1, -0.05) is 96.3 Å². The van der Waals surface area contributed by atoms with E-state index < -0.39 is 11.9 Å². The normalized spacial score (nSPS) is 14.7. The van der Waals surface area contributed by atoms with Gasteiger partial charge in [0, 0.05) is 5.56 Å². The molecular formula is C34H40O4. The number of esters is 2. The molecule has 0 atom stereocenters. The van der Waals surface area contributed by atoms with Crippen molar-refractivity contribution in [3.63, 3.8) is 0 Å². The van der Waals surface area contributed by atoms with Gasteiger partial charge in [0.25, 0.3) is 0 Å². The second-order valence-corrected chi connectivity index (χ2v) is 12.4. The van der Waals surface area contributed by atoms with E-state index in [0.717, 1.165) is 43.2 Å². The third-order valence-electron chi connectivity index (χ3n) is 7.30. The van der Waals surface area contributed by atoms with E-state index in [1.54, 1.807) is 24.3 Å². The maximum Gasteiger partial charge on any atom is 0.343 e. The van der Waals surface area contributed by atoms with E-state index in [9.17, 15) is 9.59 Å². The van der Waals surface area contributed by atoms with Crippen molar-refractivity contribution < 1.29 is 19.1 Å². The molecule has 4 heteroatoms. The van der Waals surface area contributed by atoms with Gasteiger partial charge >= 0.3 is 11.9 Å². The maximum absolute atomic E-state index is 13.3. The number of carbonyl (C=O) groups is 2. The van der Waals surface area contributed by atoms with Crippen LogP contribution < -0.4 is 9.47 Å². The molecule has 0 aromatic heterocycles. The molecule has 38 heavy (non-hydrogen) atoms. The lowest BCUT2D eigenvalue weighted by atomic mass is 9.71. The van der Waals surface area contributed by atoms with E-state index in [1.807, 2.05) is 42.5 Å². The second kappa shape index (κ2) is 11.6. The zero-order valence-electron chi connectivity index (χ0n) is 23.4. The van der Waals surface area contributed by atoms with E-state index in [2.05, 4.69) is 40.7 Å². The Morgan fingerprint density at radius 3 is 1.79 bits per heavy atom. The summed E-state index contributed by atoms with van der Waals surface area (Å²) in [5.74, 6) is -0.0141. The van der Waals surface area contributed by atoms with Crippen LogP contribution in [0.5, 0.6) is 11.5 Å². The van der Waals surface area contributed by atoms with Crippen molar-refractivity contribution in [1.82, 2.24) is 0 Å². The summed E-state index contributed by atoms with van der Waals surface area (Å²) in [7, 11) is 0. The standard InChI is InChI=1S/C34H40O4/c1-33(2,3)23-34(4,5)27-21-28(24-15-9-6-10-16-24)30(38-32(36)26-19-13-8-14-20-26)29(22-27)37-31(35)25-17-11-7-12-18-25/h7-8,11-14,17-22,24H,6,9-10,15-16,23H2,1-5H3. The number of carbonyl (C=O) groups excluding carboxylic acids is 2. The quantitative estimate of drug-likeness (QED) is 0.234. The first-order valence-corrected chi connectivity index (χ1v) is 13.8. The molecule has 0 unspecified atom stereocenters. The molecule has 200 valence electrons. The van der Waals surface area contributed by atoms with Crippen LogP contribution in [0.1, 0.15) is 111 Å². The fraction of sp³-hybridized carbons (Fsp3) is 0.412. The van der Waals surface area contributed by atoms with Crippen LogP contribution in [0.25, 0.3) is 0 Å². The van der Waals surface area contributed by atoms with Crippen LogP contribution in [0.4, 0.5) is 0 Å². The monoisotopic (exact) mass is 512 g/mol. The SMILES string of the molecule is CC(C)(C)CC(C)(C)c1cc(OC(=O)c2ccccc2)c(OC(=O)c2ccccc2)c(C2CCCCC2)c1. The van der Waals surface area contributed by atoms with Gasteiger partial charge in [-0.15, -0.1) is 0 Å². The number of benzene rings is 3. The molecule has 3 aromatic carbocycles. The second-order valence-electron chi connectivity index (χ2n) is 12.4. The lowest BCUT2D eigenvalue weighted by Gasteiger charge is -2.34. The van der Waals surface area contributed by atoms with Gasteiger partial charge in [-0.2, -0.15) is 0 Å². The number of hydrogen-bond donors (Lipinski definition) is 0. The molecule has 0 N–H and O–H groups in total. The molecule has 0 aliphatic heterocycles. The van der Waals surface area contributed by atoms with Crippen LogP contribution in [0, 0.1) is 5.41 Å². The third-order valence-corrected chi connectivity index (χ3v) is 7.30. The Balaban J connectivity index is 1.85. The molecule has 0 saturated heterocycles. The summed E-state index contributed by atoms with van der Waals surface area (Å²) in [4.78, 5) is 26.5. The molecule has 0 bridgehead atoms. The van der Waals surface area contributed by atoms with Crippen molar-refractivity contribution in [3.8, 4) is 11.5 Å². The van der Waals surface area contributed by atoms with Gasteiger partial charge in [-0.25, -0.2) is 9.59 Å². The molecule has 4 nitrogen and oxygen atoms in total. The first-order valence-electron chi connectivity index (χ1n) is 13.8. The predicted octanol–water partition coefficient (Wildman–Crippen LogP) is 8.89. The van der Waals surface area contributed by atoms with E-state index in [1.165, 1.54) is 6.42 Å². The minimum atomic E-state index is -0.469.